The fraction of sp³-hybridized carbons (Fsp3) is 0.500. The summed E-state index contributed by atoms with van der Waals surface area (Å²) in [6.45, 7) is 0. The average molecular weight is 265 g/mol. The summed E-state index contributed by atoms with van der Waals surface area (Å²) in [5.41, 5.74) is 1.17. The van der Waals surface area contributed by atoms with E-state index in [0.717, 1.165) is 36.5 Å². The van der Waals surface area contributed by atoms with Crippen LogP contribution in [0.2, 0.25) is 5.02 Å². The molecule has 3 rings (SSSR count). The molecule has 1 aliphatic carbocycles. The second-order valence-corrected chi connectivity index (χ2v) is 5.60. The van der Waals surface area contributed by atoms with Crippen molar-refractivity contribution in [1.82, 2.24) is 5.32 Å². The molecule has 1 saturated carbocycles. The first kappa shape index (κ1) is 12.0. The SMILES string of the molecule is OC1CCC2N=C(Cc3cccc(Cl)c3)NC2C1. The molecule has 1 heterocycles. The van der Waals surface area contributed by atoms with Gasteiger partial charge in [-0.2, -0.15) is 0 Å². The molecule has 0 saturated heterocycles. The van der Waals surface area contributed by atoms with E-state index in [1.165, 1.54) is 5.56 Å². The summed E-state index contributed by atoms with van der Waals surface area (Å²) < 4.78 is 0. The molecule has 2 aliphatic rings. The molecular weight excluding hydrogens is 248 g/mol. The molecule has 1 aliphatic heterocycles. The highest BCUT2D eigenvalue weighted by Crippen LogP contribution is 2.26. The lowest BCUT2D eigenvalue weighted by Crippen LogP contribution is -2.41. The number of nitrogens with zero attached hydrogens (tertiary/aromatic N) is 1. The van der Waals surface area contributed by atoms with E-state index in [0.29, 0.717) is 12.1 Å². The van der Waals surface area contributed by atoms with Crippen LogP contribution in [-0.4, -0.2) is 29.1 Å². The number of nitrogens with one attached hydrogen (secondary N) is 1. The molecule has 1 fully saturated rings. The van der Waals surface area contributed by atoms with Crippen molar-refractivity contribution in [2.75, 3.05) is 0 Å². The molecule has 3 nitrogen and oxygen atoms in total. The number of aliphatic hydroxyl groups excluding tert-OH is 1. The zero-order valence-electron chi connectivity index (χ0n) is 10.1. The van der Waals surface area contributed by atoms with Crippen molar-refractivity contribution in [2.24, 2.45) is 4.99 Å². The highest BCUT2D eigenvalue weighted by molar-refractivity contribution is 6.30. The van der Waals surface area contributed by atoms with Gasteiger partial charge in [-0.15, -0.1) is 0 Å². The Morgan fingerprint density at radius 1 is 1.39 bits per heavy atom. The van der Waals surface area contributed by atoms with E-state index < -0.39 is 0 Å². The van der Waals surface area contributed by atoms with Crippen LogP contribution in [0.3, 0.4) is 0 Å². The van der Waals surface area contributed by atoms with Gasteiger partial charge in [-0.1, -0.05) is 23.7 Å². The maximum Gasteiger partial charge on any atom is 0.101 e. The van der Waals surface area contributed by atoms with E-state index in [9.17, 15) is 5.11 Å². The molecule has 0 radical (unpaired) electrons. The zero-order chi connectivity index (χ0) is 12.5. The average Bonchev–Trinajstić information content (AvgIpc) is 2.70. The third kappa shape index (κ3) is 2.52. The van der Waals surface area contributed by atoms with Gasteiger partial charge in [-0.05, 0) is 37.0 Å². The molecule has 18 heavy (non-hydrogen) atoms. The predicted octanol–water partition coefficient (Wildman–Crippen LogP) is 2.17. The second-order valence-electron chi connectivity index (χ2n) is 5.17. The summed E-state index contributed by atoms with van der Waals surface area (Å²) in [6, 6.07) is 8.55. The number of fused-ring (bicyclic) bond motifs is 1. The predicted molar refractivity (Wildman–Crippen MR) is 73.2 cm³/mol. The molecule has 0 bridgehead atoms. The standard InChI is InChI=1S/C14H17ClN2O/c15-10-3-1-2-9(6-10)7-14-16-12-5-4-11(18)8-13(12)17-14/h1-3,6,11-13,18H,4-5,7-8H2,(H,16,17). The molecule has 0 amide bonds. The largest absolute Gasteiger partial charge is 0.393 e. The van der Waals surface area contributed by atoms with Gasteiger partial charge in [0.05, 0.1) is 18.2 Å². The molecule has 1 aromatic rings. The fourth-order valence-electron chi connectivity index (χ4n) is 2.83. The Morgan fingerprint density at radius 2 is 2.28 bits per heavy atom. The Bertz CT molecular complexity index is 475. The first-order valence-corrected chi connectivity index (χ1v) is 6.84. The van der Waals surface area contributed by atoms with Crippen molar-refractivity contribution in [3.8, 4) is 0 Å². The lowest BCUT2D eigenvalue weighted by molar-refractivity contribution is 0.112. The molecule has 0 aromatic heterocycles. The minimum Gasteiger partial charge on any atom is -0.393 e. The van der Waals surface area contributed by atoms with Crippen LogP contribution < -0.4 is 5.32 Å². The van der Waals surface area contributed by atoms with Crippen molar-refractivity contribution >= 4 is 17.4 Å². The molecule has 4 heteroatoms. The maximum atomic E-state index is 9.66. The van der Waals surface area contributed by atoms with Gasteiger partial charge in [0.25, 0.3) is 0 Å². The lowest BCUT2D eigenvalue weighted by atomic mass is 9.90. The van der Waals surface area contributed by atoms with Crippen LogP contribution in [0.4, 0.5) is 0 Å². The number of hydrogen-bond donors (Lipinski definition) is 2. The number of aliphatic imine (C=N–C) groups is 1. The van der Waals surface area contributed by atoms with Gasteiger partial charge in [-0.25, -0.2) is 0 Å². The minimum absolute atomic E-state index is 0.167. The van der Waals surface area contributed by atoms with E-state index in [2.05, 4.69) is 11.4 Å². The van der Waals surface area contributed by atoms with Crippen LogP contribution in [-0.2, 0) is 6.42 Å². The van der Waals surface area contributed by atoms with E-state index in [1.54, 1.807) is 0 Å². The van der Waals surface area contributed by atoms with Gasteiger partial charge in [0.2, 0.25) is 0 Å². The first-order chi connectivity index (χ1) is 8.70. The molecule has 2 N–H and O–H groups in total. The Hall–Kier alpha value is -1.06. The molecule has 3 unspecified atom stereocenters. The molecule has 1 aromatic carbocycles. The summed E-state index contributed by atoms with van der Waals surface area (Å²) >= 11 is 5.98. The van der Waals surface area contributed by atoms with Crippen molar-refractivity contribution in [2.45, 2.75) is 43.9 Å². The number of benzene rings is 1. The summed E-state index contributed by atoms with van der Waals surface area (Å²) in [5.74, 6) is 1.03. The lowest BCUT2D eigenvalue weighted by Gasteiger charge is -2.27. The topological polar surface area (TPSA) is 44.6 Å². The Kier molecular flexibility index (Phi) is 3.27. The highest BCUT2D eigenvalue weighted by Gasteiger charge is 2.34. The molecular formula is C14H17ClN2O. The maximum absolute atomic E-state index is 9.66. The highest BCUT2D eigenvalue weighted by atomic mass is 35.5. The molecule has 0 spiro atoms. The van der Waals surface area contributed by atoms with E-state index >= 15 is 0 Å². The Balaban J connectivity index is 1.68. The minimum atomic E-state index is -0.167. The monoisotopic (exact) mass is 264 g/mol. The number of aliphatic hydroxyl groups is 1. The first-order valence-electron chi connectivity index (χ1n) is 6.46. The van der Waals surface area contributed by atoms with Gasteiger partial charge in [0.1, 0.15) is 5.84 Å². The fourth-order valence-corrected chi connectivity index (χ4v) is 3.04. The third-order valence-corrected chi connectivity index (χ3v) is 3.96. The zero-order valence-corrected chi connectivity index (χ0v) is 10.9. The van der Waals surface area contributed by atoms with Crippen LogP contribution >= 0.6 is 11.6 Å². The summed E-state index contributed by atoms with van der Waals surface area (Å²) in [5, 5.41) is 13.9. The van der Waals surface area contributed by atoms with Crippen LogP contribution in [0.5, 0.6) is 0 Å². The smallest absolute Gasteiger partial charge is 0.101 e. The van der Waals surface area contributed by atoms with E-state index in [-0.39, 0.29) is 6.10 Å². The van der Waals surface area contributed by atoms with Crippen LogP contribution in [0, 0.1) is 0 Å². The normalized spacial score (nSPS) is 30.6. The summed E-state index contributed by atoms with van der Waals surface area (Å²) in [6.07, 6.45) is 3.30. The van der Waals surface area contributed by atoms with Gasteiger partial charge >= 0.3 is 0 Å². The third-order valence-electron chi connectivity index (χ3n) is 3.72. The van der Waals surface area contributed by atoms with E-state index in [1.807, 2.05) is 18.2 Å². The summed E-state index contributed by atoms with van der Waals surface area (Å²) in [7, 11) is 0. The van der Waals surface area contributed by atoms with Gasteiger partial charge in [-0.3, -0.25) is 4.99 Å². The van der Waals surface area contributed by atoms with E-state index in [4.69, 9.17) is 16.6 Å². The van der Waals surface area contributed by atoms with Crippen molar-refractivity contribution in [3.63, 3.8) is 0 Å². The number of rotatable bonds is 2. The van der Waals surface area contributed by atoms with Crippen molar-refractivity contribution in [1.29, 1.82) is 0 Å². The number of hydrogen-bond acceptors (Lipinski definition) is 3. The van der Waals surface area contributed by atoms with Gasteiger partial charge < -0.3 is 10.4 Å². The van der Waals surface area contributed by atoms with Gasteiger partial charge in [0.15, 0.2) is 0 Å². The molecule has 3 atom stereocenters. The number of halogens is 1. The van der Waals surface area contributed by atoms with Crippen LogP contribution in [0.15, 0.2) is 29.3 Å². The second kappa shape index (κ2) is 4.90. The number of amidine groups is 1. The molecule has 96 valence electrons. The Labute approximate surface area is 112 Å². The van der Waals surface area contributed by atoms with Crippen molar-refractivity contribution in [3.05, 3.63) is 34.9 Å². The van der Waals surface area contributed by atoms with Crippen LogP contribution in [0.25, 0.3) is 0 Å². The Morgan fingerprint density at radius 3 is 3.11 bits per heavy atom. The van der Waals surface area contributed by atoms with Crippen LogP contribution in [0.1, 0.15) is 24.8 Å². The summed E-state index contributed by atoms with van der Waals surface area (Å²) in [4.78, 5) is 4.72. The quantitative estimate of drug-likeness (QED) is 0.860. The van der Waals surface area contributed by atoms with Gasteiger partial charge in [0, 0.05) is 11.4 Å². The van der Waals surface area contributed by atoms with Crippen molar-refractivity contribution < 1.29 is 5.11 Å².